The summed E-state index contributed by atoms with van der Waals surface area (Å²) in [5.41, 5.74) is 4.56. The van der Waals surface area contributed by atoms with E-state index in [-0.39, 0.29) is 11.3 Å². The molecule has 0 aliphatic heterocycles. The number of aryl methyl sites for hydroxylation is 1. The maximum atomic E-state index is 14.8. The highest BCUT2D eigenvalue weighted by Crippen LogP contribution is 2.30. The SMILES string of the molecule is CCCCC(C)CCCCCNc1ccc(-c2ccc(-c3ccc(C)cc3)cc2)c(F)c1F. The van der Waals surface area contributed by atoms with Crippen LogP contribution in [-0.4, -0.2) is 6.54 Å². The minimum atomic E-state index is -0.803. The Balaban J connectivity index is 1.54. The van der Waals surface area contributed by atoms with Crippen LogP contribution in [0.3, 0.4) is 0 Å². The molecule has 33 heavy (non-hydrogen) atoms. The topological polar surface area (TPSA) is 12.0 Å². The van der Waals surface area contributed by atoms with E-state index in [1.165, 1.54) is 37.7 Å². The Kier molecular flexibility index (Phi) is 9.47. The van der Waals surface area contributed by atoms with Crippen LogP contribution in [0.15, 0.2) is 60.7 Å². The summed E-state index contributed by atoms with van der Waals surface area (Å²) in [5.74, 6) is -0.820. The number of nitrogens with one attached hydrogen (secondary N) is 1. The van der Waals surface area contributed by atoms with E-state index in [0.717, 1.165) is 29.9 Å². The molecule has 0 saturated carbocycles. The highest BCUT2D eigenvalue weighted by molar-refractivity contribution is 5.72. The minimum Gasteiger partial charge on any atom is -0.383 e. The van der Waals surface area contributed by atoms with Gasteiger partial charge in [-0.25, -0.2) is 8.78 Å². The molecule has 3 heteroatoms. The first kappa shape index (κ1) is 25.0. The Morgan fingerprint density at radius 3 is 1.97 bits per heavy atom. The van der Waals surface area contributed by atoms with Crippen molar-refractivity contribution < 1.29 is 8.78 Å². The Labute approximate surface area is 198 Å². The third-order valence-electron chi connectivity index (χ3n) is 6.40. The third-order valence-corrected chi connectivity index (χ3v) is 6.40. The van der Waals surface area contributed by atoms with E-state index in [2.05, 4.69) is 50.4 Å². The number of benzene rings is 3. The minimum absolute atomic E-state index is 0.240. The number of hydrogen-bond acceptors (Lipinski definition) is 1. The first-order chi connectivity index (χ1) is 16.0. The van der Waals surface area contributed by atoms with E-state index in [0.29, 0.717) is 12.1 Å². The van der Waals surface area contributed by atoms with Gasteiger partial charge in [0.15, 0.2) is 11.6 Å². The molecule has 0 spiro atoms. The Hall–Kier alpha value is -2.68. The molecule has 0 amide bonds. The molecule has 0 fully saturated rings. The van der Waals surface area contributed by atoms with E-state index < -0.39 is 11.6 Å². The molecule has 0 aliphatic carbocycles. The molecule has 0 aliphatic rings. The second kappa shape index (κ2) is 12.5. The van der Waals surface area contributed by atoms with Gasteiger partial charge in [-0.05, 0) is 48.1 Å². The lowest BCUT2D eigenvalue weighted by Crippen LogP contribution is -2.05. The summed E-state index contributed by atoms with van der Waals surface area (Å²) >= 11 is 0. The maximum Gasteiger partial charge on any atom is 0.182 e. The fraction of sp³-hybridized carbons (Fsp3) is 0.400. The van der Waals surface area contributed by atoms with Gasteiger partial charge in [-0.1, -0.05) is 106 Å². The molecule has 0 heterocycles. The molecule has 0 aromatic heterocycles. The highest BCUT2D eigenvalue weighted by Gasteiger charge is 2.15. The highest BCUT2D eigenvalue weighted by atomic mass is 19.2. The summed E-state index contributed by atoms with van der Waals surface area (Å²) in [6.07, 6.45) is 8.39. The summed E-state index contributed by atoms with van der Waals surface area (Å²) in [5, 5.41) is 3.08. The molecule has 0 bridgehead atoms. The number of unbranched alkanes of at least 4 members (excludes halogenated alkanes) is 3. The van der Waals surface area contributed by atoms with Crippen molar-refractivity contribution >= 4 is 5.69 Å². The zero-order chi connectivity index (χ0) is 23.6. The van der Waals surface area contributed by atoms with Crippen molar-refractivity contribution in [3.8, 4) is 22.3 Å². The van der Waals surface area contributed by atoms with Crippen molar-refractivity contribution in [3.63, 3.8) is 0 Å². The fourth-order valence-corrected chi connectivity index (χ4v) is 4.21. The van der Waals surface area contributed by atoms with Crippen molar-refractivity contribution in [2.24, 2.45) is 5.92 Å². The first-order valence-electron chi connectivity index (χ1n) is 12.4. The van der Waals surface area contributed by atoms with Crippen LogP contribution in [0.2, 0.25) is 0 Å². The molecular formula is C30H37F2N. The Morgan fingerprint density at radius 2 is 1.30 bits per heavy atom. The van der Waals surface area contributed by atoms with Gasteiger partial charge in [-0.3, -0.25) is 0 Å². The van der Waals surface area contributed by atoms with Gasteiger partial charge in [0.2, 0.25) is 0 Å². The smallest absolute Gasteiger partial charge is 0.182 e. The van der Waals surface area contributed by atoms with Crippen LogP contribution in [0.1, 0.15) is 64.4 Å². The van der Waals surface area contributed by atoms with E-state index in [9.17, 15) is 8.78 Å². The lowest BCUT2D eigenvalue weighted by Gasteiger charge is -2.12. The monoisotopic (exact) mass is 449 g/mol. The summed E-state index contributed by atoms with van der Waals surface area (Å²) in [6, 6.07) is 19.2. The Morgan fingerprint density at radius 1 is 0.697 bits per heavy atom. The fourth-order valence-electron chi connectivity index (χ4n) is 4.21. The summed E-state index contributed by atoms with van der Waals surface area (Å²) < 4.78 is 29.5. The first-order valence-corrected chi connectivity index (χ1v) is 12.4. The molecule has 1 unspecified atom stereocenters. The molecule has 3 rings (SSSR count). The molecule has 1 atom stereocenters. The van der Waals surface area contributed by atoms with Gasteiger partial charge in [0, 0.05) is 12.1 Å². The third kappa shape index (κ3) is 7.15. The number of rotatable bonds is 12. The summed E-state index contributed by atoms with van der Waals surface area (Å²) in [4.78, 5) is 0. The van der Waals surface area contributed by atoms with Gasteiger partial charge < -0.3 is 5.32 Å². The zero-order valence-corrected chi connectivity index (χ0v) is 20.3. The van der Waals surface area contributed by atoms with Crippen LogP contribution < -0.4 is 5.32 Å². The van der Waals surface area contributed by atoms with Crippen LogP contribution in [0.4, 0.5) is 14.5 Å². The number of anilines is 1. The predicted octanol–water partition coefficient (Wildman–Crippen LogP) is 9.41. The lowest BCUT2D eigenvalue weighted by atomic mass is 9.97. The lowest BCUT2D eigenvalue weighted by molar-refractivity contribution is 0.447. The summed E-state index contributed by atoms with van der Waals surface area (Å²) in [6.45, 7) is 7.27. The van der Waals surface area contributed by atoms with Crippen molar-refractivity contribution in [1.82, 2.24) is 0 Å². The number of halogens is 2. The molecule has 0 saturated heterocycles. The molecule has 176 valence electrons. The molecular weight excluding hydrogens is 412 g/mol. The predicted molar refractivity (Wildman–Crippen MR) is 138 cm³/mol. The van der Waals surface area contributed by atoms with E-state index in [4.69, 9.17) is 0 Å². The second-order valence-electron chi connectivity index (χ2n) is 9.26. The van der Waals surface area contributed by atoms with Crippen LogP contribution in [0, 0.1) is 24.5 Å². The van der Waals surface area contributed by atoms with Gasteiger partial charge in [-0.2, -0.15) is 0 Å². The van der Waals surface area contributed by atoms with Crippen LogP contribution in [-0.2, 0) is 0 Å². The quantitative estimate of drug-likeness (QED) is 0.272. The molecule has 3 aromatic rings. The van der Waals surface area contributed by atoms with E-state index in [1.54, 1.807) is 12.1 Å². The van der Waals surface area contributed by atoms with Crippen molar-refractivity contribution in [2.45, 2.75) is 65.7 Å². The van der Waals surface area contributed by atoms with Crippen LogP contribution >= 0.6 is 0 Å². The average molecular weight is 450 g/mol. The zero-order valence-electron chi connectivity index (χ0n) is 20.3. The van der Waals surface area contributed by atoms with Crippen molar-refractivity contribution in [3.05, 3.63) is 77.9 Å². The van der Waals surface area contributed by atoms with Crippen molar-refractivity contribution in [2.75, 3.05) is 11.9 Å². The Bertz CT molecular complexity index is 993. The number of hydrogen-bond donors (Lipinski definition) is 1. The van der Waals surface area contributed by atoms with E-state index in [1.807, 2.05) is 24.3 Å². The largest absolute Gasteiger partial charge is 0.383 e. The molecule has 1 N–H and O–H groups in total. The van der Waals surface area contributed by atoms with Gasteiger partial charge >= 0.3 is 0 Å². The summed E-state index contributed by atoms with van der Waals surface area (Å²) in [7, 11) is 0. The molecule has 3 aromatic carbocycles. The van der Waals surface area contributed by atoms with Gasteiger partial charge in [0.25, 0.3) is 0 Å². The van der Waals surface area contributed by atoms with Crippen LogP contribution in [0.25, 0.3) is 22.3 Å². The van der Waals surface area contributed by atoms with Gasteiger partial charge in [0.05, 0.1) is 5.69 Å². The van der Waals surface area contributed by atoms with Gasteiger partial charge in [-0.15, -0.1) is 0 Å². The second-order valence-corrected chi connectivity index (χ2v) is 9.26. The maximum absolute atomic E-state index is 14.8. The van der Waals surface area contributed by atoms with E-state index >= 15 is 0 Å². The van der Waals surface area contributed by atoms with Gasteiger partial charge in [0.1, 0.15) is 0 Å². The normalized spacial score (nSPS) is 12.0. The van der Waals surface area contributed by atoms with Crippen molar-refractivity contribution in [1.29, 1.82) is 0 Å². The molecule has 0 radical (unpaired) electrons. The average Bonchev–Trinajstić information content (AvgIpc) is 2.83. The standard InChI is InChI=1S/C30H37F2N/c1-4-5-9-22(2)10-7-6-8-21-33-28-20-19-27(29(31)30(28)32)26-17-15-25(16-18-26)24-13-11-23(3)12-14-24/h11-20,22,33H,4-10,21H2,1-3H3. The van der Waals surface area contributed by atoms with Crippen LogP contribution in [0.5, 0.6) is 0 Å². The molecule has 1 nitrogen and oxygen atoms in total.